The molecule has 3 fully saturated rings. The van der Waals surface area contributed by atoms with E-state index in [2.05, 4.69) is 10.2 Å². The molecule has 15 heavy (non-hydrogen) atoms. The van der Waals surface area contributed by atoms with E-state index in [9.17, 15) is 0 Å². The number of nitrogens with one attached hydrogen (secondary N) is 1. The Balaban J connectivity index is 1.46. The van der Waals surface area contributed by atoms with E-state index < -0.39 is 0 Å². The van der Waals surface area contributed by atoms with Crippen molar-refractivity contribution in [1.82, 2.24) is 10.2 Å². The molecule has 2 aliphatic heterocycles. The highest BCUT2D eigenvalue weighted by molar-refractivity contribution is 4.98. The van der Waals surface area contributed by atoms with Crippen LogP contribution in [0.25, 0.3) is 0 Å². The van der Waals surface area contributed by atoms with E-state index in [0.717, 1.165) is 6.04 Å². The molecule has 3 rings (SSSR count). The number of hydrogen-bond acceptors (Lipinski definition) is 3. The van der Waals surface area contributed by atoms with E-state index in [4.69, 9.17) is 4.74 Å². The van der Waals surface area contributed by atoms with Gasteiger partial charge in [-0.15, -0.1) is 0 Å². The van der Waals surface area contributed by atoms with Crippen molar-refractivity contribution in [3.8, 4) is 0 Å². The topological polar surface area (TPSA) is 24.5 Å². The molecule has 0 amide bonds. The van der Waals surface area contributed by atoms with Gasteiger partial charge in [0.2, 0.25) is 0 Å². The Hall–Kier alpha value is -0.120. The van der Waals surface area contributed by atoms with Crippen LogP contribution in [0.15, 0.2) is 0 Å². The first kappa shape index (κ1) is 10.1. The summed E-state index contributed by atoms with van der Waals surface area (Å²) in [6.07, 6.45) is 5.91. The van der Waals surface area contributed by atoms with E-state index >= 15 is 0 Å². The number of rotatable bonds is 2. The first-order valence-corrected chi connectivity index (χ1v) is 6.29. The highest BCUT2D eigenvalue weighted by Crippen LogP contribution is 2.38. The Morgan fingerprint density at radius 3 is 2.33 bits per heavy atom. The van der Waals surface area contributed by atoms with Crippen LogP contribution < -0.4 is 5.32 Å². The van der Waals surface area contributed by atoms with Gasteiger partial charge in [0.25, 0.3) is 0 Å². The zero-order valence-corrected chi connectivity index (χ0v) is 9.67. The highest BCUT2D eigenvalue weighted by atomic mass is 16.5. The third-order valence-electron chi connectivity index (χ3n) is 4.78. The first-order valence-electron chi connectivity index (χ1n) is 6.29. The van der Waals surface area contributed by atoms with Crippen LogP contribution in [0.5, 0.6) is 0 Å². The van der Waals surface area contributed by atoms with Gasteiger partial charge in [0, 0.05) is 26.2 Å². The van der Waals surface area contributed by atoms with E-state index in [1.54, 1.807) is 0 Å². The fourth-order valence-corrected chi connectivity index (χ4v) is 3.22. The van der Waals surface area contributed by atoms with Crippen LogP contribution in [0.2, 0.25) is 0 Å². The third-order valence-corrected chi connectivity index (χ3v) is 4.78. The average molecular weight is 210 g/mol. The number of methoxy groups -OCH3 is 1. The molecule has 0 aromatic rings. The molecule has 3 aliphatic rings. The SMILES string of the molecule is COC1CC(N2CCC3(CC2)CNC3)C1. The maximum atomic E-state index is 5.34. The second-order valence-corrected chi connectivity index (χ2v) is 5.62. The van der Waals surface area contributed by atoms with Crippen LogP contribution >= 0.6 is 0 Å². The molecule has 0 radical (unpaired) electrons. The maximum absolute atomic E-state index is 5.34. The van der Waals surface area contributed by atoms with Crippen LogP contribution in [0, 0.1) is 5.41 Å². The van der Waals surface area contributed by atoms with Gasteiger partial charge in [-0.05, 0) is 44.2 Å². The van der Waals surface area contributed by atoms with E-state index in [0.29, 0.717) is 11.5 Å². The number of hydrogen-bond donors (Lipinski definition) is 1. The van der Waals surface area contributed by atoms with Crippen LogP contribution in [-0.4, -0.2) is 50.3 Å². The number of ether oxygens (including phenoxy) is 1. The summed E-state index contributed by atoms with van der Waals surface area (Å²) in [5.41, 5.74) is 0.695. The lowest BCUT2D eigenvalue weighted by atomic mass is 9.72. The molecular formula is C12H22N2O. The molecule has 1 N–H and O–H groups in total. The second kappa shape index (κ2) is 3.72. The Morgan fingerprint density at radius 1 is 1.20 bits per heavy atom. The van der Waals surface area contributed by atoms with Crippen molar-refractivity contribution in [3.63, 3.8) is 0 Å². The Labute approximate surface area is 92.2 Å². The summed E-state index contributed by atoms with van der Waals surface area (Å²) in [6.45, 7) is 5.18. The molecular weight excluding hydrogens is 188 g/mol. The molecule has 0 aromatic carbocycles. The van der Waals surface area contributed by atoms with E-state index in [-0.39, 0.29) is 0 Å². The van der Waals surface area contributed by atoms with Crippen molar-refractivity contribution in [2.24, 2.45) is 5.41 Å². The predicted molar refractivity (Wildman–Crippen MR) is 59.9 cm³/mol. The molecule has 86 valence electrons. The minimum Gasteiger partial charge on any atom is -0.381 e. The summed E-state index contributed by atoms with van der Waals surface area (Å²) < 4.78 is 5.34. The Kier molecular flexibility index (Phi) is 2.49. The summed E-state index contributed by atoms with van der Waals surface area (Å²) in [5.74, 6) is 0. The minimum absolute atomic E-state index is 0.552. The normalized spacial score (nSPS) is 39.8. The minimum atomic E-state index is 0.552. The summed E-state index contributed by atoms with van der Waals surface area (Å²) in [6, 6.07) is 0.834. The van der Waals surface area contributed by atoms with Gasteiger partial charge in [-0.3, -0.25) is 0 Å². The van der Waals surface area contributed by atoms with Crippen molar-refractivity contribution in [3.05, 3.63) is 0 Å². The highest BCUT2D eigenvalue weighted by Gasteiger charge is 2.42. The predicted octanol–water partition coefficient (Wildman–Crippen LogP) is 0.849. The van der Waals surface area contributed by atoms with Crippen molar-refractivity contribution in [1.29, 1.82) is 0 Å². The summed E-state index contributed by atoms with van der Waals surface area (Å²) in [7, 11) is 1.84. The zero-order chi connectivity index (χ0) is 10.3. The Bertz CT molecular complexity index is 224. The first-order chi connectivity index (χ1) is 7.31. The number of piperidine rings is 1. The average Bonchev–Trinajstić information content (AvgIpc) is 2.15. The molecule has 0 atom stereocenters. The zero-order valence-electron chi connectivity index (χ0n) is 9.67. The molecule has 3 nitrogen and oxygen atoms in total. The molecule has 0 unspecified atom stereocenters. The van der Waals surface area contributed by atoms with Gasteiger partial charge in [0.15, 0.2) is 0 Å². The molecule has 2 saturated heterocycles. The van der Waals surface area contributed by atoms with Crippen molar-refractivity contribution >= 4 is 0 Å². The smallest absolute Gasteiger partial charge is 0.0601 e. The van der Waals surface area contributed by atoms with Gasteiger partial charge in [-0.1, -0.05) is 0 Å². The van der Waals surface area contributed by atoms with E-state index in [1.807, 2.05) is 7.11 Å². The van der Waals surface area contributed by atoms with Gasteiger partial charge < -0.3 is 15.0 Å². The fourth-order valence-electron chi connectivity index (χ4n) is 3.22. The van der Waals surface area contributed by atoms with Crippen molar-refractivity contribution in [2.75, 3.05) is 33.3 Å². The van der Waals surface area contributed by atoms with Crippen LogP contribution in [0.4, 0.5) is 0 Å². The maximum Gasteiger partial charge on any atom is 0.0601 e. The molecule has 1 saturated carbocycles. The molecule has 3 heteroatoms. The monoisotopic (exact) mass is 210 g/mol. The van der Waals surface area contributed by atoms with Gasteiger partial charge in [-0.2, -0.15) is 0 Å². The quantitative estimate of drug-likeness (QED) is 0.731. The largest absolute Gasteiger partial charge is 0.381 e. The van der Waals surface area contributed by atoms with Gasteiger partial charge in [-0.25, -0.2) is 0 Å². The van der Waals surface area contributed by atoms with Gasteiger partial charge in [0.1, 0.15) is 0 Å². The Morgan fingerprint density at radius 2 is 1.87 bits per heavy atom. The molecule has 0 bridgehead atoms. The third kappa shape index (κ3) is 1.71. The van der Waals surface area contributed by atoms with Gasteiger partial charge >= 0.3 is 0 Å². The summed E-state index contributed by atoms with van der Waals surface area (Å²) in [5, 5.41) is 3.42. The van der Waals surface area contributed by atoms with Crippen LogP contribution in [-0.2, 0) is 4.74 Å². The standard InChI is InChI=1S/C12H22N2O/c1-15-11-6-10(7-11)14-4-2-12(3-5-14)8-13-9-12/h10-11,13H,2-9H2,1H3. The number of nitrogens with zero attached hydrogens (tertiary/aromatic N) is 1. The lowest BCUT2D eigenvalue weighted by Crippen LogP contribution is -2.60. The van der Waals surface area contributed by atoms with Crippen LogP contribution in [0.3, 0.4) is 0 Å². The lowest BCUT2D eigenvalue weighted by molar-refractivity contribution is -0.0519. The van der Waals surface area contributed by atoms with Crippen molar-refractivity contribution in [2.45, 2.75) is 37.8 Å². The fraction of sp³-hybridized carbons (Fsp3) is 1.00. The molecule has 2 heterocycles. The summed E-state index contributed by atoms with van der Waals surface area (Å²) in [4.78, 5) is 2.69. The van der Waals surface area contributed by atoms with E-state index in [1.165, 1.54) is 51.9 Å². The summed E-state index contributed by atoms with van der Waals surface area (Å²) >= 11 is 0. The molecule has 0 aromatic heterocycles. The lowest BCUT2D eigenvalue weighted by Gasteiger charge is -2.52. The van der Waals surface area contributed by atoms with Crippen molar-refractivity contribution < 1.29 is 4.74 Å². The second-order valence-electron chi connectivity index (χ2n) is 5.62. The van der Waals surface area contributed by atoms with Crippen LogP contribution in [0.1, 0.15) is 25.7 Å². The number of likely N-dealkylation sites (tertiary alicyclic amines) is 1. The molecule has 1 spiro atoms. The molecule has 1 aliphatic carbocycles. The van der Waals surface area contributed by atoms with Gasteiger partial charge in [0.05, 0.1) is 6.10 Å².